The van der Waals surface area contributed by atoms with Crippen molar-refractivity contribution in [3.05, 3.63) is 59.0 Å². The molecule has 2 aromatic carbocycles. The van der Waals surface area contributed by atoms with E-state index in [1.165, 1.54) is 14.7 Å². The number of benzene rings is 2. The molecular weight excluding hydrogens is 380 g/mol. The van der Waals surface area contributed by atoms with Crippen LogP contribution in [0.5, 0.6) is 0 Å². The van der Waals surface area contributed by atoms with Crippen molar-refractivity contribution in [2.75, 3.05) is 5.32 Å². The second-order valence-electron chi connectivity index (χ2n) is 6.22. The summed E-state index contributed by atoms with van der Waals surface area (Å²) in [5.74, 6) is 0.791. The number of carbonyl (C=O) groups is 1. The van der Waals surface area contributed by atoms with E-state index in [1.54, 1.807) is 23.1 Å². The van der Waals surface area contributed by atoms with Gasteiger partial charge in [-0.3, -0.25) is 10.1 Å². The lowest BCUT2D eigenvalue weighted by molar-refractivity contribution is 0.102. The molecule has 0 unspecified atom stereocenters. The third-order valence-electron chi connectivity index (χ3n) is 3.91. The molecule has 3 aromatic rings. The second-order valence-corrected chi connectivity index (χ2v) is 9.97. The van der Waals surface area contributed by atoms with Crippen LogP contribution in [0.4, 0.5) is 5.13 Å². The Labute approximate surface area is 165 Å². The second kappa shape index (κ2) is 7.47. The zero-order valence-electron chi connectivity index (χ0n) is 14.5. The van der Waals surface area contributed by atoms with Crippen LogP contribution in [0.1, 0.15) is 29.1 Å². The number of carbonyl (C=O) groups excluding carboxylic acids is 1. The average Bonchev–Trinajstić information content (AvgIpc) is 3.04. The van der Waals surface area contributed by atoms with Gasteiger partial charge in [-0.2, -0.15) is 0 Å². The normalized spacial score (nSPS) is 12.6. The number of hydrogen-bond donors (Lipinski definition) is 1. The maximum absolute atomic E-state index is 12.5. The summed E-state index contributed by atoms with van der Waals surface area (Å²) in [6.45, 7) is 4.32. The predicted molar refractivity (Wildman–Crippen MR) is 112 cm³/mol. The summed E-state index contributed by atoms with van der Waals surface area (Å²) in [4.78, 5) is 20.9. The van der Waals surface area contributed by atoms with Gasteiger partial charge in [0, 0.05) is 36.8 Å². The standard InChI is InChI=1S/C20H18N2OS3/c1-12(2)25-14-9-7-13(8-10-14)19(23)22-20-21-18-15-5-3-4-6-16(15)24-11-17(18)26-20/h3-10,12H,11H2,1-2H3,(H,21,22,23). The number of nitrogens with zero attached hydrogens (tertiary/aromatic N) is 1. The Balaban J connectivity index is 1.52. The van der Waals surface area contributed by atoms with Crippen LogP contribution < -0.4 is 5.32 Å². The van der Waals surface area contributed by atoms with Crippen LogP contribution in [0, 0.1) is 0 Å². The highest BCUT2D eigenvalue weighted by Gasteiger charge is 2.21. The fraction of sp³-hybridized carbons (Fsp3) is 0.200. The molecule has 1 aliphatic rings. The SMILES string of the molecule is CC(C)Sc1ccc(C(=O)Nc2nc3c(s2)CSc2ccccc2-3)cc1. The van der Waals surface area contributed by atoms with Crippen molar-refractivity contribution in [1.29, 1.82) is 0 Å². The highest BCUT2D eigenvalue weighted by Crippen LogP contribution is 2.44. The monoisotopic (exact) mass is 398 g/mol. The molecule has 0 aliphatic carbocycles. The van der Waals surface area contributed by atoms with Crippen molar-refractivity contribution in [2.45, 2.75) is 34.6 Å². The molecule has 0 bridgehead atoms. The van der Waals surface area contributed by atoms with Crippen LogP contribution in [-0.4, -0.2) is 16.1 Å². The first kappa shape index (κ1) is 17.6. The molecule has 132 valence electrons. The molecule has 0 atom stereocenters. The topological polar surface area (TPSA) is 42.0 Å². The van der Waals surface area contributed by atoms with Crippen molar-refractivity contribution in [3.8, 4) is 11.3 Å². The molecule has 0 spiro atoms. The van der Waals surface area contributed by atoms with Crippen molar-refractivity contribution in [3.63, 3.8) is 0 Å². The Morgan fingerprint density at radius 3 is 2.69 bits per heavy atom. The quantitative estimate of drug-likeness (QED) is 0.534. The Bertz CT molecular complexity index is 948. The maximum Gasteiger partial charge on any atom is 0.257 e. The lowest BCUT2D eigenvalue weighted by atomic mass is 10.1. The van der Waals surface area contributed by atoms with Crippen LogP contribution in [-0.2, 0) is 5.75 Å². The smallest absolute Gasteiger partial charge is 0.257 e. The number of amides is 1. The van der Waals surface area contributed by atoms with Crippen LogP contribution in [0.25, 0.3) is 11.3 Å². The number of fused-ring (bicyclic) bond motifs is 3. The van der Waals surface area contributed by atoms with E-state index in [-0.39, 0.29) is 5.91 Å². The van der Waals surface area contributed by atoms with Gasteiger partial charge in [-0.15, -0.1) is 34.9 Å². The first-order valence-corrected chi connectivity index (χ1v) is 11.1. The number of nitrogens with one attached hydrogen (secondary N) is 1. The number of thioether (sulfide) groups is 2. The number of hydrogen-bond acceptors (Lipinski definition) is 5. The third kappa shape index (κ3) is 3.68. The van der Waals surface area contributed by atoms with E-state index < -0.39 is 0 Å². The molecule has 0 saturated carbocycles. The van der Waals surface area contributed by atoms with E-state index in [1.807, 2.05) is 48.2 Å². The van der Waals surface area contributed by atoms with E-state index in [0.717, 1.165) is 17.0 Å². The zero-order chi connectivity index (χ0) is 18.1. The minimum absolute atomic E-state index is 0.113. The molecule has 2 heterocycles. The predicted octanol–water partition coefficient (Wildman–Crippen LogP) is 6.17. The molecule has 4 rings (SSSR count). The Morgan fingerprint density at radius 2 is 1.92 bits per heavy atom. The van der Waals surface area contributed by atoms with Crippen molar-refractivity contribution in [1.82, 2.24) is 4.98 Å². The average molecular weight is 399 g/mol. The first-order chi connectivity index (χ1) is 12.6. The minimum atomic E-state index is -0.113. The molecule has 0 radical (unpaired) electrons. The van der Waals surface area contributed by atoms with Gasteiger partial charge in [-0.1, -0.05) is 32.0 Å². The van der Waals surface area contributed by atoms with E-state index in [0.29, 0.717) is 15.9 Å². The van der Waals surface area contributed by atoms with E-state index >= 15 is 0 Å². The molecule has 26 heavy (non-hydrogen) atoms. The Hall–Kier alpha value is -1.76. The number of rotatable bonds is 4. The molecule has 1 aromatic heterocycles. The minimum Gasteiger partial charge on any atom is -0.298 e. The van der Waals surface area contributed by atoms with Gasteiger partial charge in [-0.05, 0) is 30.3 Å². The van der Waals surface area contributed by atoms with Crippen LogP contribution >= 0.6 is 34.9 Å². The molecule has 0 fully saturated rings. The van der Waals surface area contributed by atoms with Crippen molar-refractivity contribution in [2.24, 2.45) is 0 Å². The van der Waals surface area contributed by atoms with Gasteiger partial charge in [-0.25, -0.2) is 4.98 Å². The van der Waals surface area contributed by atoms with E-state index in [2.05, 4.69) is 36.3 Å². The summed E-state index contributed by atoms with van der Waals surface area (Å²) < 4.78 is 0. The largest absolute Gasteiger partial charge is 0.298 e. The summed E-state index contributed by atoms with van der Waals surface area (Å²) in [5.41, 5.74) is 2.81. The van der Waals surface area contributed by atoms with Gasteiger partial charge in [0.2, 0.25) is 0 Å². The molecule has 1 amide bonds. The fourth-order valence-corrected chi connectivity index (χ4v) is 5.71. The molecular formula is C20H18N2OS3. The zero-order valence-corrected chi connectivity index (χ0v) is 16.9. The molecule has 0 saturated heterocycles. The Kier molecular flexibility index (Phi) is 5.07. The molecule has 3 nitrogen and oxygen atoms in total. The van der Waals surface area contributed by atoms with E-state index in [9.17, 15) is 4.79 Å². The summed E-state index contributed by atoms with van der Waals surface area (Å²) >= 11 is 5.18. The van der Waals surface area contributed by atoms with Crippen LogP contribution in [0.2, 0.25) is 0 Å². The summed E-state index contributed by atoms with van der Waals surface area (Å²) in [5, 5.41) is 4.15. The summed E-state index contributed by atoms with van der Waals surface area (Å²) in [6, 6.07) is 16.0. The van der Waals surface area contributed by atoms with Gasteiger partial charge in [0.05, 0.1) is 5.69 Å². The fourth-order valence-electron chi connectivity index (χ4n) is 2.77. The van der Waals surface area contributed by atoms with Gasteiger partial charge in [0.15, 0.2) is 5.13 Å². The van der Waals surface area contributed by atoms with Gasteiger partial charge < -0.3 is 0 Å². The third-order valence-corrected chi connectivity index (χ3v) is 7.18. The number of thiazole rings is 1. The summed E-state index contributed by atoms with van der Waals surface area (Å²) in [7, 11) is 0. The van der Waals surface area contributed by atoms with Crippen molar-refractivity contribution < 1.29 is 4.79 Å². The van der Waals surface area contributed by atoms with Gasteiger partial charge >= 0.3 is 0 Å². The molecule has 1 aliphatic heterocycles. The Morgan fingerprint density at radius 1 is 1.15 bits per heavy atom. The highest BCUT2D eigenvalue weighted by atomic mass is 32.2. The summed E-state index contributed by atoms with van der Waals surface area (Å²) in [6.07, 6.45) is 0. The maximum atomic E-state index is 12.5. The number of aromatic nitrogens is 1. The van der Waals surface area contributed by atoms with E-state index in [4.69, 9.17) is 0 Å². The molecule has 1 N–H and O–H groups in total. The van der Waals surface area contributed by atoms with Crippen LogP contribution in [0.15, 0.2) is 58.3 Å². The highest BCUT2D eigenvalue weighted by molar-refractivity contribution is 8.00. The van der Waals surface area contributed by atoms with Crippen LogP contribution in [0.3, 0.4) is 0 Å². The van der Waals surface area contributed by atoms with Crippen molar-refractivity contribution >= 4 is 45.9 Å². The first-order valence-electron chi connectivity index (χ1n) is 8.40. The van der Waals surface area contributed by atoms with Gasteiger partial charge in [0.1, 0.15) is 0 Å². The number of anilines is 1. The lowest BCUT2D eigenvalue weighted by Gasteiger charge is -2.13. The molecule has 6 heteroatoms. The van der Waals surface area contributed by atoms with Gasteiger partial charge in [0.25, 0.3) is 5.91 Å². The lowest BCUT2D eigenvalue weighted by Crippen LogP contribution is -2.11.